The van der Waals surface area contributed by atoms with Crippen molar-refractivity contribution < 1.29 is 14.3 Å². The zero-order valence-electron chi connectivity index (χ0n) is 11.6. The summed E-state index contributed by atoms with van der Waals surface area (Å²) in [6, 6.07) is 0. The molecule has 0 radical (unpaired) electrons. The highest BCUT2D eigenvalue weighted by molar-refractivity contribution is 5.90. The molecule has 2 N–H and O–H groups in total. The van der Waals surface area contributed by atoms with Gasteiger partial charge in [0.2, 0.25) is 5.82 Å². The standard InChI is InChI=1S/C12H22N4O3/c1-3-5-10-14-11(16-15-10)12(17)13-6-4-7-19-9-8-18-2/h3-9H2,1-2H3,(H,13,17)(H,14,15,16). The van der Waals surface area contributed by atoms with Gasteiger partial charge in [-0.1, -0.05) is 6.92 Å². The monoisotopic (exact) mass is 270 g/mol. The number of hydrogen-bond acceptors (Lipinski definition) is 5. The molecule has 0 aliphatic rings. The first-order chi connectivity index (χ1) is 9.27. The average Bonchev–Trinajstić information content (AvgIpc) is 2.87. The molecule has 0 fully saturated rings. The van der Waals surface area contributed by atoms with E-state index >= 15 is 0 Å². The van der Waals surface area contributed by atoms with Crippen molar-refractivity contribution in [2.45, 2.75) is 26.2 Å². The van der Waals surface area contributed by atoms with Gasteiger partial charge < -0.3 is 14.8 Å². The fraction of sp³-hybridized carbons (Fsp3) is 0.750. The lowest BCUT2D eigenvalue weighted by Crippen LogP contribution is -2.26. The van der Waals surface area contributed by atoms with Gasteiger partial charge in [0.05, 0.1) is 13.2 Å². The molecule has 1 heterocycles. The van der Waals surface area contributed by atoms with Gasteiger partial charge in [-0.2, -0.15) is 0 Å². The second kappa shape index (κ2) is 9.46. The maximum atomic E-state index is 11.7. The minimum atomic E-state index is -0.254. The van der Waals surface area contributed by atoms with Crippen LogP contribution in [0.1, 0.15) is 36.2 Å². The molecular weight excluding hydrogens is 248 g/mol. The van der Waals surface area contributed by atoms with Crippen LogP contribution in [-0.2, 0) is 15.9 Å². The lowest BCUT2D eigenvalue weighted by Gasteiger charge is -2.04. The van der Waals surface area contributed by atoms with E-state index in [9.17, 15) is 4.79 Å². The second-order valence-electron chi connectivity index (χ2n) is 4.07. The van der Waals surface area contributed by atoms with E-state index < -0.39 is 0 Å². The quantitative estimate of drug-likeness (QED) is 0.606. The van der Waals surface area contributed by atoms with Gasteiger partial charge in [-0.25, -0.2) is 4.98 Å². The molecule has 0 spiro atoms. The Morgan fingerprint density at radius 1 is 1.37 bits per heavy atom. The third kappa shape index (κ3) is 6.30. The van der Waals surface area contributed by atoms with E-state index in [2.05, 4.69) is 20.5 Å². The van der Waals surface area contributed by atoms with Crippen molar-refractivity contribution in [2.75, 3.05) is 33.5 Å². The number of nitrogens with zero attached hydrogens (tertiary/aromatic N) is 2. The van der Waals surface area contributed by atoms with Crippen molar-refractivity contribution in [3.63, 3.8) is 0 Å². The number of nitrogens with one attached hydrogen (secondary N) is 2. The summed E-state index contributed by atoms with van der Waals surface area (Å²) in [7, 11) is 1.63. The Bertz CT molecular complexity index is 368. The summed E-state index contributed by atoms with van der Waals surface area (Å²) in [5.41, 5.74) is 0. The first-order valence-corrected chi connectivity index (χ1v) is 6.54. The van der Waals surface area contributed by atoms with Gasteiger partial charge in [-0.15, -0.1) is 5.10 Å². The first-order valence-electron chi connectivity index (χ1n) is 6.54. The van der Waals surface area contributed by atoms with Crippen LogP contribution in [0.25, 0.3) is 0 Å². The van der Waals surface area contributed by atoms with Crippen molar-refractivity contribution in [3.05, 3.63) is 11.6 Å². The number of hydrogen-bond donors (Lipinski definition) is 2. The number of aryl methyl sites for hydroxylation is 1. The zero-order valence-corrected chi connectivity index (χ0v) is 11.6. The molecule has 0 unspecified atom stereocenters. The second-order valence-corrected chi connectivity index (χ2v) is 4.07. The minimum Gasteiger partial charge on any atom is -0.382 e. The third-order valence-electron chi connectivity index (χ3n) is 2.40. The van der Waals surface area contributed by atoms with E-state index in [1.807, 2.05) is 6.92 Å². The van der Waals surface area contributed by atoms with Gasteiger partial charge in [0.15, 0.2) is 0 Å². The Morgan fingerprint density at radius 2 is 2.21 bits per heavy atom. The van der Waals surface area contributed by atoms with Crippen molar-refractivity contribution in [3.8, 4) is 0 Å². The fourth-order valence-corrected chi connectivity index (χ4v) is 1.44. The lowest BCUT2D eigenvalue weighted by molar-refractivity contribution is 0.0688. The van der Waals surface area contributed by atoms with E-state index in [0.29, 0.717) is 26.4 Å². The van der Waals surface area contributed by atoms with Crippen LogP contribution in [0.4, 0.5) is 0 Å². The van der Waals surface area contributed by atoms with Crippen LogP contribution < -0.4 is 5.32 Å². The Balaban J connectivity index is 2.13. The molecule has 0 atom stereocenters. The van der Waals surface area contributed by atoms with Gasteiger partial charge >= 0.3 is 0 Å². The fourth-order valence-electron chi connectivity index (χ4n) is 1.44. The summed E-state index contributed by atoms with van der Waals surface area (Å²) >= 11 is 0. The maximum Gasteiger partial charge on any atom is 0.290 e. The van der Waals surface area contributed by atoms with Crippen molar-refractivity contribution >= 4 is 5.91 Å². The van der Waals surface area contributed by atoms with Crippen LogP contribution in [0.5, 0.6) is 0 Å². The zero-order chi connectivity index (χ0) is 13.9. The normalized spacial score (nSPS) is 10.6. The topological polar surface area (TPSA) is 89.1 Å². The van der Waals surface area contributed by atoms with Crippen molar-refractivity contribution in [2.24, 2.45) is 0 Å². The maximum absolute atomic E-state index is 11.7. The molecule has 1 rings (SSSR count). The molecule has 1 aromatic heterocycles. The molecule has 0 aliphatic carbocycles. The van der Waals surface area contributed by atoms with Gasteiger partial charge in [0.1, 0.15) is 5.82 Å². The highest BCUT2D eigenvalue weighted by atomic mass is 16.5. The minimum absolute atomic E-state index is 0.198. The number of carbonyl (C=O) groups excluding carboxylic acids is 1. The number of carbonyl (C=O) groups is 1. The Labute approximate surface area is 113 Å². The number of ether oxygens (including phenoxy) is 2. The van der Waals surface area contributed by atoms with Crippen molar-refractivity contribution in [1.82, 2.24) is 20.5 Å². The van der Waals surface area contributed by atoms with Gasteiger partial charge in [0, 0.05) is 26.7 Å². The number of amides is 1. The molecule has 7 heteroatoms. The van der Waals surface area contributed by atoms with Crippen LogP contribution in [0.2, 0.25) is 0 Å². The molecule has 19 heavy (non-hydrogen) atoms. The molecule has 1 amide bonds. The van der Waals surface area contributed by atoms with E-state index in [1.165, 1.54) is 0 Å². The lowest BCUT2D eigenvalue weighted by atomic mass is 10.3. The van der Waals surface area contributed by atoms with Crippen molar-refractivity contribution in [1.29, 1.82) is 0 Å². The Morgan fingerprint density at radius 3 is 2.95 bits per heavy atom. The largest absolute Gasteiger partial charge is 0.382 e. The molecule has 1 aromatic rings. The molecule has 7 nitrogen and oxygen atoms in total. The Hall–Kier alpha value is -1.47. The molecule has 0 saturated carbocycles. The predicted molar refractivity (Wildman–Crippen MR) is 70.0 cm³/mol. The summed E-state index contributed by atoms with van der Waals surface area (Å²) in [5, 5.41) is 9.38. The van der Waals surface area contributed by atoms with Crippen LogP contribution in [-0.4, -0.2) is 54.6 Å². The molecule has 108 valence electrons. The van der Waals surface area contributed by atoms with Gasteiger partial charge in [0.25, 0.3) is 5.91 Å². The van der Waals surface area contributed by atoms with Crippen LogP contribution in [0, 0.1) is 0 Å². The molecule has 0 bridgehead atoms. The SMILES string of the molecule is CCCc1nc(C(=O)NCCCOCCOC)n[nH]1. The number of methoxy groups -OCH3 is 1. The number of aromatic amines is 1. The number of aromatic nitrogens is 3. The van der Waals surface area contributed by atoms with E-state index in [1.54, 1.807) is 7.11 Å². The van der Waals surface area contributed by atoms with Crippen LogP contribution >= 0.6 is 0 Å². The summed E-state index contributed by atoms with van der Waals surface area (Å²) in [6.07, 6.45) is 2.52. The average molecular weight is 270 g/mol. The number of H-pyrrole nitrogens is 1. The van der Waals surface area contributed by atoms with E-state index in [0.717, 1.165) is 25.1 Å². The third-order valence-corrected chi connectivity index (χ3v) is 2.40. The first kappa shape index (κ1) is 15.6. The van der Waals surface area contributed by atoms with E-state index in [4.69, 9.17) is 9.47 Å². The van der Waals surface area contributed by atoms with E-state index in [-0.39, 0.29) is 11.7 Å². The summed E-state index contributed by atoms with van der Waals surface area (Å²) < 4.78 is 10.1. The highest BCUT2D eigenvalue weighted by Gasteiger charge is 2.10. The van der Waals surface area contributed by atoms with Crippen LogP contribution in [0.3, 0.4) is 0 Å². The summed E-state index contributed by atoms with van der Waals surface area (Å²) in [5.74, 6) is 0.690. The summed E-state index contributed by atoms with van der Waals surface area (Å²) in [4.78, 5) is 15.8. The van der Waals surface area contributed by atoms with Gasteiger partial charge in [-0.3, -0.25) is 9.89 Å². The molecular formula is C12H22N4O3. The highest BCUT2D eigenvalue weighted by Crippen LogP contribution is 1.96. The summed E-state index contributed by atoms with van der Waals surface area (Å²) in [6.45, 7) is 4.35. The predicted octanol–water partition coefficient (Wildman–Crippen LogP) is 0.540. The Kier molecular flexibility index (Phi) is 7.76. The smallest absolute Gasteiger partial charge is 0.290 e. The molecule has 0 aliphatic heterocycles. The number of rotatable bonds is 10. The van der Waals surface area contributed by atoms with Crippen LogP contribution in [0.15, 0.2) is 0 Å². The van der Waals surface area contributed by atoms with Gasteiger partial charge in [-0.05, 0) is 12.8 Å². The molecule has 0 saturated heterocycles. The molecule has 0 aromatic carbocycles.